The molecular weight excluding hydrogens is 186 g/mol. The first-order valence-corrected chi connectivity index (χ1v) is 5.55. The van der Waals surface area contributed by atoms with E-state index in [1.807, 2.05) is 18.2 Å². The zero-order chi connectivity index (χ0) is 11.3. The first-order chi connectivity index (χ1) is 7.16. The van der Waals surface area contributed by atoms with Crippen LogP contribution in [-0.4, -0.2) is 5.91 Å². The molecule has 0 aliphatic carbocycles. The van der Waals surface area contributed by atoms with Gasteiger partial charge in [-0.15, -0.1) is 0 Å². The van der Waals surface area contributed by atoms with Gasteiger partial charge in [0.1, 0.15) is 0 Å². The van der Waals surface area contributed by atoms with Crippen molar-refractivity contribution in [3.8, 4) is 0 Å². The lowest BCUT2D eigenvalue weighted by atomic mass is 9.91. The van der Waals surface area contributed by atoms with Crippen LogP contribution in [0.2, 0.25) is 0 Å². The highest BCUT2D eigenvalue weighted by Crippen LogP contribution is 2.24. The van der Waals surface area contributed by atoms with Crippen LogP contribution in [0.1, 0.15) is 54.9 Å². The molecule has 2 heteroatoms. The molecule has 1 unspecified atom stereocenters. The fourth-order valence-corrected chi connectivity index (χ4v) is 1.82. The van der Waals surface area contributed by atoms with E-state index in [2.05, 4.69) is 13.8 Å². The van der Waals surface area contributed by atoms with Crippen molar-refractivity contribution >= 4 is 5.91 Å². The molecule has 0 radical (unpaired) electrons. The largest absolute Gasteiger partial charge is 0.366 e. The summed E-state index contributed by atoms with van der Waals surface area (Å²) in [6.07, 6.45) is 3.48. The lowest BCUT2D eigenvalue weighted by molar-refractivity contribution is 0.0999. The molecule has 0 spiro atoms. The third-order valence-electron chi connectivity index (χ3n) is 2.75. The highest BCUT2D eigenvalue weighted by atomic mass is 16.1. The second kappa shape index (κ2) is 5.54. The average Bonchev–Trinajstić information content (AvgIpc) is 2.25. The van der Waals surface area contributed by atoms with E-state index in [9.17, 15) is 4.79 Å². The smallest absolute Gasteiger partial charge is 0.248 e. The third-order valence-corrected chi connectivity index (χ3v) is 2.75. The number of carbonyl (C=O) groups is 1. The van der Waals surface area contributed by atoms with Gasteiger partial charge in [0, 0.05) is 5.56 Å². The molecule has 0 aliphatic heterocycles. The van der Waals surface area contributed by atoms with Crippen LogP contribution in [0.15, 0.2) is 24.3 Å². The van der Waals surface area contributed by atoms with Crippen molar-refractivity contribution in [2.24, 2.45) is 5.73 Å². The molecule has 1 rings (SSSR count). The Hall–Kier alpha value is -1.31. The summed E-state index contributed by atoms with van der Waals surface area (Å²) in [4.78, 5) is 11.2. The Morgan fingerprint density at radius 3 is 2.67 bits per heavy atom. The van der Waals surface area contributed by atoms with Crippen LogP contribution in [0.3, 0.4) is 0 Å². The van der Waals surface area contributed by atoms with Crippen molar-refractivity contribution in [1.82, 2.24) is 0 Å². The maximum Gasteiger partial charge on any atom is 0.248 e. The first kappa shape index (κ1) is 11.8. The van der Waals surface area contributed by atoms with Gasteiger partial charge in [-0.25, -0.2) is 0 Å². The van der Waals surface area contributed by atoms with E-state index in [4.69, 9.17) is 5.73 Å². The molecule has 2 nitrogen and oxygen atoms in total. The molecule has 0 heterocycles. The third kappa shape index (κ3) is 3.08. The SMILES string of the molecule is CCCCC(C)c1ccccc1C(N)=O. The predicted molar refractivity (Wildman–Crippen MR) is 62.9 cm³/mol. The second-order valence-corrected chi connectivity index (χ2v) is 3.99. The van der Waals surface area contributed by atoms with Gasteiger partial charge in [-0.2, -0.15) is 0 Å². The molecule has 1 aromatic carbocycles. The Balaban J connectivity index is 2.87. The molecule has 0 bridgehead atoms. The Bertz CT molecular complexity index is 333. The monoisotopic (exact) mass is 205 g/mol. The van der Waals surface area contributed by atoms with E-state index in [-0.39, 0.29) is 5.91 Å². The molecule has 0 saturated carbocycles. The number of rotatable bonds is 5. The van der Waals surface area contributed by atoms with Crippen LogP contribution in [-0.2, 0) is 0 Å². The van der Waals surface area contributed by atoms with Crippen molar-refractivity contribution in [3.63, 3.8) is 0 Å². The fourth-order valence-electron chi connectivity index (χ4n) is 1.82. The maximum atomic E-state index is 11.2. The number of benzene rings is 1. The van der Waals surface area contributed by atoms with Crippen LogP contribution < -0.4 is 5.73 Å². The van der Waals surface area contributed by atoms with E-state index >= 15 is 0 Å². The molecule has 0 saturated heterocycles. The van der Waals surface area contributed by atoms with Gasteiger partial charge in [0.2, 0.25) is 5.91 Å². The zero-order valence-corrected chi connectivity index (χ0v) is 9.49. The van der Waals surface area contributed by atoms with Gasteiger partial charge in [-0.3, -0.25) is 4.79 Å². The molecule has 0 aliphatic rings. The Morgan fingerprint density at radius 2 is 2.07 bits per heavy atom. The highest BCUT2D eigenvalue weighted by Gasteiger charge is 2.12. The van der Waals surface area contributed by atoms with Crippen molar-refractivity contribution in [2.45, 2.75) is 39.0 Å². The van der Waals surface area contributed by atoms with Crippen LogP contribution >= 0.6 is 0 Å². The minimum absolute atomic E-state index is 0.325. The van der Waals surface area contributed by atoms with Gasteiger partial charge in [-0.05, 0) is 24.0 Å². The minimum Gasteiger partial charge on any atom is -0.366 e. The van der Waals surface area contributed by atoms with Crippen LogP contribution in [0.25, 0.3) is 0 Å². The standard InChI is InChI=1S/C13H19NO/c1-3-4-7-10(2)11-8-5-6-9-12(11)13(14)15/h5-6,8-10H,3-4,7H2,1-2H3,(H2,14,15). The topological polar surface area (TPSA) is 43.1 Å². The summed E-state index contributed by atoms with van der Waals surface area (Å²) in [6.45, 7) is 4.32. The van der Waals surface area contributed by atoms with E-state index in [0.717, 1.165) is 12.0 Å². The van der Waals surface area contributed by atoms with Gasteiger partial charge in [0.15, 0.2) is 0 Å². The normalized spacial score (nSPS) is 12.4. The molecule has 2 N–H and O–H groups in total. The van der Waals surface area contributed by atoms with E-state index in [1.54, 1.807) is 6.07 Å². The van der Waals surface area contributed by atoms with Crippen LogP contribution in [0, 0.1) is 0 Å². The minimum atomic E-state index is -0.325. The van der Waals surface area contributed by atoms with E-state index < -0.39 is 0 Å². The van der Waals surface area contributed by atoms with Gasteiger partial charge in [-0.1, -0.05) is 44.9 Å². The highest BCUT2D eigenvalue weighted by molar-refractivity contribution is 5.94. The lowest BCUT2D eigenvalue weighted by Crippen LogP contribution is -2.14. The van der Waals surface area contributed by atoms with Gasteiger partial charge in [0.05, 0.1) is 0 Å². The van der Waals surface area contributed by atoms with Gasteiger partial charge in [0.25, 0.3) is 0 Å². The van der Waals surface area contributed by atoms with Gasteiger partial charge >= 0.3 is 0 Å². The quantitative estimate of drug-likeness (QED) is 0.788. The number of nitrogens with two attached hydrogens (primary N) is 1. The summed E-state index contributed by atoms with van der Waals surface area (Å²) in [6, 6.07) is 7.63. The number of primary amides is 1. The predicted octanol–water partition coefficient (Wildman–Crippen LogP) is 3.08. The van der Waals surface area contributed by atoms with Crippen LogP contribution in [0.4, 0.5) is 0 Å². The lowest BCUT2D eigenvalue weighted by Gasteiger charge is -2.14. The second-order valence-electron chi connectivity index (χ2n) is 3.99. The summed E-state index contributed by atoms with van der Waals surface area (Å²) in [7, 11) is 0. The average molecular weight is 205 g/mol. The summed E-state index contributed by atoms with van der Waals surface area (Å²) in [5.41, 5.74) is 7.09. The molecule has 1 aromatic rings. The van der Waals surface area contributed by atoms with Crippen molar-refractivity contribution in [1.29, 1.82) is 0 Å². The maximum absolute atomic E-state index is 11.2. The van der Waals surface area contributed by atoms with Crippen molar-refractivity contribution in [3.05, 3.63) is 35.4 Å². The molecule has 1 amide bonds. The fraction of sp³-hybridized carbons (Fsp3) is 0.462. The van der Waals surface area contributed by atoms with E-state index in [1.165, 1.54) is 12.8 Å². The zero-order valence-electron chi connectivity index (χ0n) is 9.49. The molecule has 15 heavy (non-hydrogen) atoms. The first-order valence-electron chi connectivity index (χ1n) is 5.55. The number of amides is 1. The molecule has 0 fully saturated rings. The molecular formula is C13H19NO. The number of hydrogen-bond donors (Lipinski definition) is 1. The Labute approximate surface area is 91.5 Å². The number of unbranched alkanes of at least 4 members (excludes halogenated alkanes) is 1. The van der Waals surface area contributed by atoms with Crippen LogP contribution in [0.5, 0.6) is 0 Å². The molecule has 82 valence electrons. The van der Waals surface area contributed by atoms with Gasteiger partial charge < -0.3 is 5.73 Å². The van der Waals surface area contributed by atoms with Crippen molar-refractivity contribution < 1.29 is 4.79 Å². The van der Waals surface area contributed by atoms with E-state index in [0.29, 0.717) is 11.5 Å². The summed E-state index contributed by atoms with van der Waals surface area (Å²) in [5, 5.41) is 0. The summed E-state index contributed by atoms with van der Waals surface area (Å²) < 4.78 is 0. The number of carbonyl (C=O) groups excluding carboxylic acids is 1. The summed E-state index contributed by atoms with van der Waals surface area (Å²) in [5.74, 6) is 0.0857. The Morgan fingerprint density at radius 1 is 1.40 bits per heavy atom. The number of hydrogen-bond acceptors (Lipinski definition) is 1. The molecule has 0 aromatic heterocycles. The summed E-state index contributed by atoms with van der Waals surface area (Å²) >= 11 is 0. The molecule has 1 atom stereocenters. The Kier molecular flexibility index (Phi) is 4.35. The van der Waals surface area contributed by atoms with Crippen molar-refractivity contribution in [2.75, 3.05) is 0 Å².